The molecule has 1 aromatic rings. The molecule has 0 radical (unpaired) electrons. The summed E-state index contributed by atoms with van der Waals surface area (Å²) >= 11 is 0. The lowest BCUT2D eigenvalue weighted by Gasteiger charge is -2.26. The predicted molar refractivity (Wildman–Crippen MR) is 90.2 cm³/mol. The molecule has 0 aromatic heterocycles. The number of aliphatic hydroxyl groups excluding tert-OH is 1. The fourth-order valence-corrected chi connectivity index (χ4v) is 3.34. The summed E-state index contributed by atoms with van der Waals surface area (Å²) in [5, 5.41) is 20.5. The van der Waals surface area contributed by atoms with Crippen LogP contribution in [0.4, 0.5) is 10.5 Å². The number of nitrogens with zero attached hydrogens (tertiary/aromatic N) is 3. The minimum atomic E-state index is -0.751. The van der Waals surface area contributed by atoms with E-state index >= 15 is 0 Å². The van der Waals surface area contributed by atoms with E-state index in [4.69, 9.17) is 4.74 Å². The van der Waals surface area contributed by atoms with Crippen LogP contribution in [0, 0.1) is 10.1 Å². The predicted octanol–water partition coefficient (Wildman–Crippen LogP) is 1.29. The molecule has 2 aliphatic rings. The van der Waals surface area contributed by atoms with Gasteiger partial charge in [0.25, 0.3) is 5.69 Å². The van der Waals surface area contributed by atoms with E-state index in [0.29, 0.717) is 18.7 Å². The summed E-state index contributed by atoms with van der Waals surface area (Å²) in [6.07, 6.45) is 0.690. The van der Waals surface area contributed by atoms with Crippen LogP contribution in [0.15, 0.2) is 24.3 Å². The molecule has 9 heteroatoms. The van der Waals surface area contributed by atoms with Crippen LogP contribution in [0.3, 0.4) is 0 Å². The van der Waals surface area contributed by atoms with Gasteiger partial charge in [0.1, 0.15) is 12.6 Å². The van der Waals surface area contributed by atoms with Crippen LogP contribution in [-0.2, 0) is 16.1 Å². The van der Waals surface area contributed by atoms with Crippen molar-refractivity contribution in [1.29, 1.82) is 0 Å². The van der Waals surface area contributed by atoms with E-state index in [1.165, 1.54) is 29.2 Å². The van der Waals surface area contributed by atoms with Gasteiger partial charge in [-0.1, -0.05) is 0 Å². The fourth-order valence-electron chi connectivity index (χ4n) is 3.34. The number of likely N-dealkylation sites (tertiary alicyclic amines) is 2. The third-order valence-electron chi connectivity index (χ3n) is 4.73. The van der Waals surface area contributed by atoms with Gasteiger partial charge in [0.05, 0.1) is 17.6 Å². The van der Waals surface area contributed by atoms with Gasteiger partial charge >= 0.3 is 6.09 Å². The van der Waals surface area contributed by atoms with E-state index in [9.17, 15) is 24.8 Å². The quantitative estimate of drug-likeness (QED) is 0.637. The summed E-state index contributed by atoms with van der Waals surface area (Å²) in [4.78, 5) is 38.1. The minimum absolute atomic E-state index is 0.0426. The van der Waals surface area contributed by atoms with Crippen molar-refractivity contribution in [3.63, 3.8) is 0 Å². The molecule has 2 heterocycles. The summed E-state index contributed by atoms with van der Waals surface area (Å²) in [6.45, 7) is 1.35. The summed E-state index contributed by atoms with van der Waals surface area (Å²) in [5.74, 6) is -0.147. The Morgan fingerprint density at radius 2 is 1.88 bits per heavy atom. The van der Waals surface area contributed by atoms with E-state index in [1.807, 2.05) is 0 Å². The maximum Gasteiger partial charge on any atom is 0.410 e. The van der Waals surface area contributed by atoms with Crippen LogP contribution in [-0.4, -0.2) is 63.6 Å². The van der Waals surface area contributed by atoms with Gasteiger partial charge < -0.3 is 14.7 Å². The average Bonchev–Trinajstić information content (AvgIpc) is 3.29. The van der Waals surface area contributed by atoms with E-state index in [2.05, 4.69) is 0 Å². The Morgan fingerprint density at radius 3 is 2.50 bits per heavy atom. The summed E-state index contributed by atoms with van der Waals surface area (Å²) < 4.78 is 5.24. The number of carbonyl (C=O) groups excluding carboxylic acids is 2. The molecule has 1 N–H and O–H groups in total. The lowest BCUT2D eigenvalue weighted by molar-refractivity contribution is -0.384. The number of non-ortho nitro benzene ring substituents is 1. The van der Waals surface area contributed by atoms with Gasteiger partial charge in [-0.2, -0.15) is 0 Å². The fraction of sp³-hybridized carbons (Fsp3) is 0.529. The van der Waals surface area contributed by atoms with Crippen LogP contribution < -0.4 is 0 Å². The van der Waals surface area contributed by atoms with E-state index in [1.54, 1.807) is 4.90 Å². The first-order chi connectivity index (χ1) is 12.5. The lowest BCUT2D eigenvalue weighted by atomic mass is 10.2. The molecule has 140 valence electrons. The Kier molecular flexibility index (Phi) is 5.36. The molecule has 0 spiro atoms. The first-order valence-corrected chi connectivity index (χ1v) is 8.59. The normalized spacial score (nSPS) is 22.5. The third-order valence-corrected chi connectivity index (χ3v) is 4.73. The molecule has 0 bridgehead atoms. The number of β-amino-alcohol motifs (C(OH)–C–C–N with tert-alkyl or cyclic N) is 1. The zero-order valence-corrected chi connectivity index (χ0v) is 14.2. The molecule has 1 aromatic carbocycles. The lowest BCUT2D eigenvalue weighted by Crippen LogP contribution is -2.47. The molecule has 0 aliphatic carbocycles. The standard InChI is InChI=1S/C17H21N3O6/c21-14-9-15(16(22)18-7-1-2-8-18)19(10-14)17(23)26-11-12-3-5-13(6-4-12)20(24)25/h3-6,14-15,21H,1-2,7-11H2. The van der Waals surface area contributed by atoms with Crippen molar-refractivity contribution >= 4 is 17.7 Å². The SMILES string of the molecule is O=C(C1CC(O)CN1C(=O)OCc1ccc([N+](=O)[O-])cc1)N1CCCC1. The number of ether oxygens (including phenoxy) is 1. The Labute approximate surface area is 150 Å². The maximum absolute atomic E-state index is 12.6. The Balaban J connectivity index is 1.60. The van der Waals surface area contributed by atoms with Crippen LogP contribution >= 0.6 is 0 Å². The van der Waals surface area contributed by atoms with Gasteiger partial charge in [-0.05, 0) is 30.5 Å². The number of hydrogen-bond donors (Lipinski definition) is 1. The van der Waals surface area contributed by atoms with Gasteiger partial charge in [-0.15, -0.1) is 0 Å². The number of carbonyl (C=O) groups is 2. The van der Waals surface area contributed by atoms with E-state index in [0.717, 1.165) is 12.8 Å². The van der Waals surface area contributed by atoms with Crippen molar-refractivity contribution in [2.75, 3.05) is 19.6 Å². The van der Waals surface area contributed by atoms with Crippen LogP contribution in [0.1, 0.15) is 24.8 Å². The Bertz CT molecular complexity index is 686. The molecular weight excluding hydrogens is 342 g/mol. The number of nitro benzene ring substituents is 1. The average molecular weight is 363 g/mol. The van der Waals surface area contributed by atoms with E-state index < -0.39 is 23.2 Å². The number of nitro groups is 1. The smallest absolute Gasteiger partial charge is 0.410 e. The third kappa shape index (κ3) is 3.93. The molecule has 9 nitrogen and oxygen atoms in total. The molecule has 2 fully saturated rings. The Morgan fingerprint density at radius 1 is 1.23 bits per heavy atom. The molecule has 2 atom stereocenters. The number of rotatable bonds is 4. The number of amides is 2. The van der Waals surface area contributed by atoms with Gasteiger partial charge in [-0.3, -0.25) is 19.8 Å². The molecule has 3 rings (SSSR count). The van der Waals surface area contributed by atoms with Crippen molar-refractivity contribution < 1.29 is 24.4 Å². The summed E-state index contributed by atoms with van der Waals surface area (Å²) in [7, 11) is 0. The first-order valence-electron chi connectivity index (χ1n) is 8.59. The second kappa shape index (κ2) is 7.69. The van der Waals surface area contributed by atoms with Crippen LogP contribution in [0.2, 0.25) is 0 Å². The molecule has 0 saturated carbocycles. The van der Waals surface area contributed by atoms with Crippen molar-refractivity contribution in [2.45, 2.75) is 38.0 Å². The Hall–Kier alpha value is -2.68. The monoisotopic (exact) mass is 363 g/mol. The molecule has 2 unspecified atom stereocenters. The van der Waals surface area contributed by atoms with Crippen molar-refractivity contribution in [3.8, 4) is 0 Å². The topological polar surface area (TPSA) is 113 Å². The number of aliphatic hydroxyl groups is 1. The van der Waals surface area contributed by atoms with E-state index in [-0.39, 0.29) is 31.2 Å². The maximum atomic E-state index is 12.6. The summed E-state index contributed by atoms with van der Waals surface area (Å²) in [6, 6.07) is 4.99. The van der Waals surface area contributed by atoms with Crippen molar-refractivity contribution in [2.24, 2.45) is 0 Å². The van der Waals surface area contributed by atoms with Crippen molar-refractivity contribution in [1.82, 2.24) is 9.80 Å². The van der Waals surface area contributed by atoms with Gasteiger partial charge in [0.15, 0.2) is 0 Å². The molecule has 2 amide bonds. The summed E-state index contributed by atoms with van der Waals surface area (Å²) in [5.41, 5.74) is 0.560. The largest absolute Gasteiger partial charge is 0.445 e. The highest BCUT2D eigenvalue weighted by atomic mass is 16.6. The van der Waals surface area contributed by atoms with Gasteiger partial charge in [0, 0.05) is 31.6 Å². The highest BCUT2D eigenvalue weighted by Crippen LogP contribution is 2.23. The molecule has 2 aliphatic heterocycles. The van der Waals surface area contributed by atoms with Gasteiger partial charge in [-0.25, -0.2) is 4.79 Å². The number of hydrogen-bond acceptors (Lipinski definition) is 6. The van der Waals surface area contributed by atoms with Gasteiger partial charge in [0.2, 0.25) is 5.91 Å². The molecule has 26 heavy (non-hydrogen) atoms. The molecule has 2 saturated heterocycles. The van der Waals surface area contributed by atoms with Crippen LogP contribution in [0.25, 0.3) is 0 Å². The van der Waals surface area contributed by atoms with Crippen molar-refractivity contribution in [3.05, 3.63) is 39.9 Å². The zero-order chi connectivity index (χ0) is 18.7. The highest BCUT2D eigenvalue weighted by molar-refractivity contribution is 5.86. The minimum Gasteiger partial charge on any atom is -0.445 e. The van der Waals surface area contributed by atoms with Crippen LogP contribution in [0.5, 0.6) is 0 Å². The second-order valence-corrected chi connectivity index (χ2v) is 6.57. The zero-order valence-electron chi connectivity index (χ0n) is 14.2. The first kappa shape index (κ1) is 18.1. The highest BCUT2D eigenvalue weighted by Gasteiger charge is 2.42. The molecular formula is C17H21N3O6. The second-order valence-electron chi connectivity index (χ2n) is 6.57. The number of benzene rings is 1.